The van der Waals surface area contributed by atoms with Crippen LogP contribution < -0.4 is 24.8 Å². The predicted molar refractivity (Wildman–Crippen MR) is 119 cm³/mol. The van der Waals surface area contributed by atoms with Crippen molar-refractivity contribution in [3.8, 4) is 17.2 Å². The van der Waals surface area contributed by atoms with Crippen molar-refractivity contribution in [2.45, 2.75) is 6.92 Å². The van der Waals surface area contributed by atoms with E-state index in [9.17, 15) is 4.79 Å². The Bertz CT molecular complexity index is 914. The molecule has 30 heavy (non-hydrogen) atoms. The molecule has 2 N–H and O–H groups in total. The topological polar surface area (TPSA) is 68.8 Å². The first-order valence-electron chi connectivity index (χ1n) is 9.90. The molecule has 0 fully saturated rings. The average molecular weight is 406 g/mol. The Hall–Kier alpha value is -3.67. The van der Waals surface area contributed by atoms with E-state index < -0.39 is 0 Å². The molecule has 0 aliphatic heterocycles. The molecule has 0 aliphatic carbocycles. The Morgan fingerprint density at radius 3 is 2.13 bits per heavy atom. The predicted octanol–water partition coefficient (Wildman–Crippen LogP) is 4.59. The minimum Gasteiger partial charge on any atom is -0.494 e. The van der Waals surface area contributed by atoms with Crippen LogP contribution in [-0.4, -0.2) is 32.3 Å². The fourth-order valence-electron chi connectivity index (χ4n) is 2.72. The second-order valence-electron chi connectivity index (χ2n) is 6.40. The van der Waals surface area contributed by atoms with Gasteiger partial charge in [-0.2, -0.15) is 0 Å². The van der Waals surface area contributed by atoms with Crippen LogP contribution in [0, 0.1) is 0 Å². The van der Waals surface area contributed by atoms with Crippen LogP contribution in [0.15, 0.2) is 78.9 Å². The summed E-state index contributed by atoms with van der Waals surface area (Å²) in [5.74, 6) is 2.14. The molecular weight excluding hydrogens is 380 g/mol. The lowest BCUT2D eigenvalue weighted by molar-refractivity contribution is -0.114. The third kappa shape index (κ3) is 7.05. The van der Waals surface area contributed by atoms with Gasteiger partial charge in [-0.1, -0.05) is 24.3 Å². The highest BCUT2D eigenvalue weighted by Gasteiger charge is 2.04. The summed E-state index contributed by atoms with van der Waals surface area (Å²) in [6, 6.07) is 24.4. The van der Waals surface area contributed by atoms with Crippen LogP contribution in [0.25, 0.3) is 0 Å². The van der Waals surface area contributed by atoms with Crippen molar-refractivity contribution in [1.29, 1.82) is 0 Å². The largest absolute Gasteiger partial charge is 0.494 e. The van der Waals surface area contributed by atoms with Crippen LogP contribution in [-0.2, 0) is 4.79 Å². The van der Waals surface area contributed by atoms with Gasteiger partial charge in [-0.3, -0.25) is 4.79 Å². The highest BCUT2D eigenvalue weighted by molar-refractivity contribution is 5.93. The molecule has 0 aliphatic rings. The molecule has 0 atom stereocenters. The van der Waals surface area contributed by atoms with E-state index >= 15 is 0 Å². The Balaban J connectivity index is 1.40. The monoisotopic (exact) mass is 406 g/mol. The molecule has 0 heterocycles. The van der Waals surface area contributed by atoms with Crippen LogP contribution in [0.2, 0.25) is 0 Å². The number of hydrogen-bond donors (Lipinski definition) is 2. The van der Waals surface area contributed by atoms with Crippen molar-refractivity contribution in [3.63, 3.8) is 0 Å². The number of nitrogens with one attached hydrogen (secondary N) is 2. The van der Waals surface area contributed by atoms with Crippen molar-refractivity contribution in [3.05, 3.63) is 78.9 Å². The van der Waals surface area contributed by atoms with E-state index in [4.69, 9.17) is 14.2 Å². The molecule has 0 saturated heterocycles. The van der Waals surface area contributed by atoms with Gasteiger partial charge in [0.2, 0.25) is 5.91 Å². The van der Waals surface area contributed by atoms with Crippen molar-refractivity contribution in [2.24, 2.45) is 0 Å². The van der Waals surface area contributed by atoms with Crippen LogP contribution in [0.3, 0.4) is 0 Å². The molecule has 0 bridgehead atoms. The lowest BCUT2D eigenvalue weighted by Crippen LogP contribution is -2.21. The van der Waals surface area contributed by atoms with Crippen LogP contribution in [0.1, 0.15) is 6.92 Å². The number of amides is 1. The summed E-state index contributed by atoms with van der Waals surface area (Å²) in [6.45, 7) is 3.56. The van der Waals surface area contributed by atoms with Gasteiger partial charge < -0.3 is 24.8 Å². The van der Waals surface area contributed by atoms with E-state index in [-0.39, 0.29) is 12.5 Å². The van der Waals surface area contributed by atoms with Gasteiger partial charge in [0.05, 0.1) is 13.2 Å². The van der Waals surface area contributed by atoms with Gasteiger partial charge >= 0.3 is 0 Å². The molecular formula is C24H26N2O4. The van der Waals surface area contributed by atoms with E-state index in [0.29, 0.717) is 31.3 Å². The van der Waals surface area contributed by atoms with Gasteiger partial charge in [-0.25, -0.2) is 0 Å². The number of carbonyl (C=O) groups is 1. The van der Waals surface area contributed by atoms with Gasteiger partial charge in [0.25, 0.3) is 0 Å². The molecule has 6 nitrogen and oxygen atoms in total. The fourth-order valence-corrected chi connectivity index (χ4v) is 2.72. The number of benzene rings is 3. The summed E-state index contributed by atoms with van der Waals surface area (Å²) >= 11 is 0. The molecule has 0 spiro atoms. The number of anilines is 2. The molecule has 6 heteroatoms. The lowest BCUT2D eigenvalue weighted by atomic mass is 10.3. The molecule has 1 amide bonds. The minimum absolute atomic E-state index is 0.145. The minimum atomic E-state index is -0.145. The molecule has 0 unspecified atom stereocenters. The number of rotatable bonds is 11. The highest BCUT2D eigenvalue weighted by atomic mass is 16.5. The quantitative estimate of drug-likeness (QED) is 0.456. The molecule has 0 saturated carbocycles. The summed E-state index contributed by atoms with van der Waals surface area (Å²) < 4.78 is 16.7. The highest BCUT2D eigenvalue weighted by Crippen LogP contribution is 2.18. The Labute approximate surface area is 176 Å². The Morgan fingerprint density at radius 2 is 1.40 bits per heavy atom. The summed E-state index contributed by atoms with van der Waals surface area (Å²) in [5.41, 5.74) is 1.53. The van der Waals surface area contributed by atoms with Gasteiger partial charge in [0.15, 0.2) is 0 Å². The van der Waals surface area contributed by atoms with E-state index in [1.54, 1.807) is 6.07 Å². The molecule has 0 aromatic heterocycles. The number of ether oxygens (including phenoxy) is 3. The molecule has 3 rings (SSSR count). The summed E-state index contributed by atoms with van der Waals surface area (Å²) in [4.78, 5) is 12.2. The smallest absolute Gasteiger partial charge is 0.243 e. The molecule has 3 aromatic rings. The summed E-state index contributed by atoms with van der Waals surface area (Å²) in [6.07, 6.45) is 0. The third-order valence-electron chi connectivity index (χ3n) is 4.10. The van der Waals surface area contributed by atoms with Gasteiger partial charge in [-0.15, -0.1) is 0 Å². The standard InChI is InChI=1S/C24H26N2O4/c1-2-28-22-13-11-19(12-14-22)25-18-24(27)26-20-7-6-10-23(17-20)30-16-15-29-21-8-4-3-5-9-21/h3-14,17,25H,2,15-16,18H2,1H3,(H,26,27). The second-order valence-corrected chi connectivity index (χ2v) is 6.40. The van der Waals surface area contributed by atoms with Crippen molar-refractivity contribution < 1.29 is 19.0 Å². The first kappa shape index (κ1) is 21.0. The number of hydrogen-bond acceptors (Lipinski definition) is 5. The molecule has 0 radical (unpaired) electrons. The van der Waals surface area contributed by atoms with Crippen molar-refractivity contribution in [2.75, 3.05) is 37.0 Å². The van der Waals surface area contributed by atoms with Crippen LogP contribution in [0.4, 0.5) is 11.4 Å². The normalized spacial score (nSPS) is 10.2. The van der Waals surface area contributed by atoms with E-state index in [2.05, 4.69) is 10.6 Å². The van der Waals surface area contributed by atoms with Crippen LogP contribution in [0.5, 0.6) is 17.2 Å². The van der Waals surface area contributed by atoms with Crippen LogP contribution >= 0.6 is 0 Å². The molecule has 3 aromatic carbocycles. The SMILES string of the molecule is CCOc1ccc(NCC(=O)Nc2cccc(OCCOc3ccccc3)c2)cc1. The van der Waals surface area contributed by atoms with Gasteiger partial charge in [0, 0.05) is 17.4 Å². The zero-order chi connectivity index (χ0) is 21.0. The first-order valence-corrected chi connectivity index (χ1v) is 9.90. The molecule has 156 valence electrons. The van der Waals surface area contributed by atoms with E-state index in [0.717, 1.165) is 17.2 Å². The zero-order valence-electron chi connectivity index (χ0n) is 17.0. The third-order valence-corrected chi connectivity index (χ3v) is 4.10. The van der Waals surface area contributed by atoms with Gasteiger partial charge in [-0.05, 0) is 55.5 Å². The Morgan fingerprint density at radius 1 is 0.733 bits per heavy atom. The van der Waals surface area contributed by atoms with Crippen molar-refractivity contribution in [1.82, 2.24) is 0 Å². The fraction of sp³-hybridized carbons (Fsp3) is 0.208. The maximum Gasteiger partial charge on any atom is 0.243 e. The zero-order valence-corrected chi connectivity index (χ0v) is 17.0. The summed E-state index contributed by atoms with van der Waals surface area (Å²) in [5, 5.41) is 5.95. The van der Waals surface area contributed by atoms with E-state index in [1.807, 2.05) is 79.7 Å². The lowest BCUT2D eigenvalue weighted by Gasteiger charge is -2.11. The Kier molecular flexibility index (Phi) is 7.97. The number of para-hydroxylation sites is 1. The van der Waals surface area contributed by atoms with Crippen molar-refractivity contribution >= 4 is 17.3 Å². The van der Waals surface area contributed by atoms with E-state index in [1.165, 1.54) is 0 Å². The first-order chi connectivity index (χ1) is 14.7. The van der Waals surface area contributed by atoms with Gasteiger partial charge in [0.1, 0.15) is 30.5 Å². The number of carbonyl (C=O) groups excluding carboxylic acids is 1. The summed E-state index contributed by atoms with van der Waals surface area (Å²) in [7, 11) is 0. The maximum atomic E-state index is 12.2. The average Bonchev–Trinajstić information content (AvgIpc) is 2.77. The maximum absolute atomic E-state index is 12.2. The second kappa shape index (κ2) is 11.4.